The van der Waals surface area contributed by atoms with Gasteiger partial charge in [-0.25, -0.2) is 0 Å². The highest BCUT2D eigenvalue weighted by molar-refractivity contribution is 6.33. The topological polar surface area (TPSA) is 17.1 Å². The zero-order valence-electron chi connectivity index (χ0n) is 8.49. The van der Waals surface area contributed by atoms with Crippen molar-refractivity contribution >= 4 is 35.1 Å². The van der Waals surface area contributed by atoms with Crippen LogP contribution in [-0.4, -0.2) is 11.7 Å². The number of rotatable bonds is 2. The fourth-order valence-electron chi connectivity index (χ4n) is 1.69. The summed E-state index contributed by atoms with van der Waals surface area (Å²) in [6.45, 7) is 0. The Morgan fingerprint density at radius 1 is 1.25 bits per heavy atom. The van der Waals surface area contributed by atoms with Gasteiger partial charge in [-0.05, 0) is 29.7 Å². The lowest BCUT2D eigenvalue weighted by atomic mass is 9.96. The highest BCUT2D eigenvalue weighted by atomic mass is 35.5. The average Bonchev–Trinajstić information content (AvgIpc) is 2.28. The van der Waals surface area contributed by atoms with Crippen molar-refractivity contribution in [2.45, 2.75) is 11.8 Å². The second-order valence-electron chi connectivity index (χ2n) is 3.68. The molecule has 1 aliphatic carbocycles. The lowest BCUT2D eigenvalue weighted by molar-refractivity contribution is 0.112. The predicted molar refractivity (Wildman–Crippen MR) is 68.0 cm³/mol. The van der Waals surface area contributed by atoms with Crippen molar-refractivity contribution < 1.29 is 4.79 Å². The molecule has 3 heteroatoms. The number of carbonyl (C=O) groups excluding carboxylic acids is 1. The molecular formula is C13H10Cl2O. The van der Waals surface area contributed by atoms with Crippen LogP contribution in [0.5, 0.6) is 0 Å². The van der Waals surface area contributed by atoms with Gasteiger partial charge in [0.05, 0.1) is 5.38 Å². The largest absolute Gasteiger partial charge is 0.298 e. The highest BCUT2D eigenvalue weighted by Gasteiger charge is 2.13. The maximum absolute atomic E-state index is 10.5. The summed E-state index contributed by atoms with van der Waals surface area (Å²) < 4.78 is 0. The molecule has 0 amide bonds. The Kier molecular flexibility index (Phi) is 3.47. The molecule has 0 fully saturated rings. The Morgan fingerprint density at radius 2 is 1.94 bits per heavy atom. The van der Waals surface area contributed by atoms with Gasteiger partial charge < -0.3 is 0 Å². The summed E-state index contributed by atoms with van der Waals surface area (Å²) in [6, 6.07) is 7.40. The molecule has 0 heterocycles. The van der Waals surface area contributed by atoms with Gasteiger partial charge in [-0.1, -0.05) is 35.9 Å². The van der Waals surface area contributed by atoms with Crippen LogP contribution in [0.25, 0.3) is 5.57 Å². The van der Waals surface area contributed by atoms with Crippen LogP contribution in [0.15, 0.2) is 41.4 Å². The van der Waals surface area contributed by atoms with E-state index >= 15 is 0 Å². The third-order valence-electron chi connectivity index (χ3n) is 2.48. The monoisotopic (exact) mass is 252 g/mol. The van der Waals surface area contributed by atoms with Crippen molar-refractivity contribution in [3.8, 4) is 0 Å². The Labute approximate surface area is 104 Å². The number of allylic oxidation sites excluding steroid dienone is 4. The fraction of sp³-hybridized carbons (Fsp3) is 0.154. The van der Waals surface area contributed by atoms with E-state index < -0.39 is 0 Å². The third-order valence-corrected chi connectivity index (χ3v) is 3.00. The Balaban J connectivity index is 2.30. The molecule has 0 saturated heterocycles. The van der Waals surface area contributed by atoms with Crippen LogP contribution in [0.1, 0.15) is 22.3 Å². The highest BCUT2D eigenvalue weighted by Crippen LogP contribution is 2.30. The normalized spacial score (nSPS) is 20.0. The standard InChI is InChI=1S/C13H10Cl2O/c14-12-5-11(6-13(15)7-12)10-3-1-9(8-16)2-4-10/h1-5,7-8,13H,6H2. The van der Waals surface area contributed by atoms with E-state index in [1.54, 1.807) is 12.1 Å². The van der Waals surface area contributed by atoms with Crippen molar-refractivity contribution in [2.24, 2.45) is 0 Å². The van der Waals surface area contributed by atoms with Crippen molar-refractivity contribution in [1.82, 2.24) is 0 Å². The number of alkyl halides is 1. The van der Waals surface area contributed by atoms with Crippen molar-refractivity contribution in [3.05, 3.63) is 52.6 Å². The second kappa shape index (κ2) is 4.86. The molecule has 1 aromatic rings. The number of hydrogen-bond acceptors (Lipinski definition) is 1. The predicted octanol–water partition coefficient (Wildman–Crippen LogP) is 4.02. The van der Waals surface area contributed by atoms with Gasteiger partial charge in [-0.15, -0.1) is 11.6 Å². The van der Waals surface area contributed by atoms with Gasteiger partial charge in [0.1, 0.15) is 6.29 Å². The molecule has 0 spiro atoms. The van der Waals surface area contributed by atoms with E-state index in [0.29, 0.717) is 10.6 Å². The van der Waals surface area contributed by atoms with Crippen LogP contribution in [0, 0.1) is 0 Å². The zero-order valence-corrected chi connectivity index (χ0v) is 10.0. The van der Waals surface area contributed by atoms with Gasteiger partial charge in [0.25, 0.3) is 0 Å². The molecule has 2 rings (SSSR count). The third kappa shape index (κ3) is 2.55. The summed E-state index contributed by atoms with van der Waals surface area (Å²) >= 11 is 12.0. The van der Waals surface area contributed by atoms with Crippen LogP contribution in [-0.2, 0) is 0 Å². The Bertz CT molecular complexity index is 457. The number of hydrogen-bond donors (Lipinski definition) is 0. The van der Waals surface area contributed by atoms with Gasteiger partial charge in [-0.3, -0.25) is 4.79 Å². The lowest BCUT2D eigenvalue weighted by Gasteiger charge is -2.15. The maximum atomic E-state index is 10.5. The van der Waals surface area contributed by atoms with Crippen molar-refractivity contribution in [2.75, 3.05) is 0 Å². The number of benzene rings is 1. The molecule has 1 nitrogen and oxygen atoms in total. The second-order valence-corrected chi connectivity index (χ2v) is 4.68. The Hall–Kier alpha value is -1.05. The fourth-order valence-corrected chi connectivity index (χ4v) is 2.34. The van der Waals surface area contributed by atoms with Gasteiger partial charge in [-0.2, -0.15) is 0 Å². The molecule has 0 aromatic heterocycles. The molecule has 1 unspecified atom stereocenters. The van der Waals surface area contributed by atoms with E-state index in [2.05, 4.69) is 0 Å². The summed E-state index contributed by atoms with van der Waals surface area (Å²) in [4.78, 5) is 10.5. The van der Waals surface area contributed by atoms with Gasteiger partial charge in [0, 0.05) is 10.6 Å². The molecular weight excluding hydrogens is 243 g/mol. The zero-order chi connectivity index (χ0) is 11.5. The molecule has 1 atom stereocenters. The summed E-state index contributed by atoms with van der Waals surface area (Å²) in [5, 5.41) is 0.610. The molecule has 16 heavy (non-hydrogen) atoms. The van der Waals surface area contributed by atoms with Crippen molar-refractivity contribution in [1.29, 1.82) is 0 Å². The van der Waals surface area contributed by atoms with Gasteiger partial charge >= 0.3 is 0 Å². The van der Waals surface area contributed by atoms with E-state index in [9.17, 15) is 4.79 Å². The van der Waals surface area contributed by atoms with Crippen LogP contribution >= 0.6 is 23.2 Å². The van der Waals surface area contributed by atoms with Crippen LogP contribution < -0.4 is 0 Å². The molecule has 1 aliphatic rings. The molecule has 0 aliphatic heterocycles. The molecule has 0 N–H and O–H groups in total. The van der Waals surface area contributed by atoms with E-state index in [4.69, 9.17) is 23.2 Å². The number of aldehydes is 1. The quantitative estimate of drug-likeness (QED) is 0.574. The Morgan fingerprint density at radius 3 is 2.50 bits per heavy atom. The first kappa shape index (κ1) is 11.4. The minimum atomic E-state index is -0.0572. The summed E-state index contributed by atoms with van der Waals surface area (Å²) in [6.07, 6.45) is 5.33. The van der Waals surface area contributed by atoms with Crippen LogP contribution in [0.4, 0.5) is 0 Å². The summed E-state index contributed by atoms with van der Waals surface area (Å²) in [5.41, 5.74) is 2.83. The van der Waals surface area contributed by atoms with Gasteiger partial charge in [0.15, 0.2) is 0 Å². The number of halogens is 2. The molecule has 0 bridgehead atoms. The van der Waals surface area contributed by atoms with E-state index in [0.717, 1.165) is 23.8 Å². The average molecular weight is 253 g/mol. The molecule has 1 aromatic carbocycles. The minimum Gasteiger partial charge on any atom is -0.298 e. The molecule has 0 saturated carbocycles. The molecule has 82 valence electrons. The van der Waals surface area contributed by atoms with Crippen LogP contribution in [0.2, 0.25) is 0 Å². The van der Waals surface area contributed by atoms with E-state index in [-0.39, 0.29) is 5.38 Å². The first-order valence-electron chi connectivity index (χ1n) is 4.96. The smallest absolute Gasteiger partial charge is 0.150 e. The van der Waals surface area contributed by atoms with Crippen molar-refractivity contribution in [3.63, 3.8) is 0 Å². The minimum absolute atomic E-state index is 0.0572. The molecule has 0 radical (unpaired) electrons. The summed E-state index contributed by atoms with van der Waals surface area (Å²) in [7, 11) is 0. The lowest BCUT2D eigenvalue weighted by Crippen LogP contribution is -2.01. The van der Waals surface area contributed by atoms with E-state index in [1.807, 2.05) is 24.3 Å². The first-order chi connectivity index (χ1) is 7.69. The first-order valence-corrected chi connectivity index (χ1v) is 5.78. The van der Waals surface area contributed by atoms with E-state index in [1.165, 1.54) is 0 Å². The summed E-state index contributed by atoms with van der Waals surface area (Å²) in [5.74, 6) is 0. The SMILES string of the molecule is O=Cc1ccc(C2=CC(Cl)=CC(Cl)C2)cc1. The van der Waals surface area contributed by atoms with Gasteiger partial charge in [0.2, 0.25) is 0 Å². The number of carbonyl (C=O) groups is 1. The maximum Gasteiger partial charge on any atom is 0.150 e. The van der Waals surface area contributed by atoms with Crippen LogP contribution in [0.3, 0.4) is 0 Å².